The molecule has 0 unspecified atom stereocenters. The van der Waals surface area contributed by atoms with E-state index in [0.717, 1.165) is 0 Å². The van der Waals surface area contributed by atoms with Crippen molar-refractivity contribution < 1.29 is 13.9 Å². The molecule has 0 atom stereocenters. The highest BCUT2D eigenvalue weighted by atomic mass is 35.5. The average molecular weight is 381 g/mol. The molecular weight excluding hydrogens is 370 g/mol. The number of hydrogen-bond acceptors (Lipinski definition) is 4. The number of nitrogens with zero attached hydrogens (tertiary/aromatic N) is 2. The summed E-state index contributed by atoms with van der Waals surface area (Å²) in [6.45, 7) is 1.75. The summed E-state index contributed by atoms with van der Waals surface area (Å²) in [7, 11) is 0. The second-order valence-electron chi connectivity index (χ2n) is 5.06. The molecule has 5 nitrogen and oxygen atoms in total. The van der Waals surface area contributed by atoms with Crippen LogP contribution in [0.2, 0.25) is 10.2 Å². The molecule has 8 heteroatoms. The third kappa shape index (κ3) is 3.10. The molecule has 25 heavy (non-hydrogen) atoms. The van der Waals surface area contributed by atoms with E-state index in [1.54, 1.807) is 6.92 Å². The van der Waals surface area contributed by atoms with Gasteiger partial charge in [0, 0.05) is 18.1 Å². The van der Waals surface area contributed by atoms with Crippen LogP contribution in [0.3, 0.4) is 0 Å². The van der Waals surface area contributed by atoms with Gasteiger partial charge in [-0.05, 0) is 31.2 Å². The van der Waals surface area contributed by atoms with Crippen molar-refractivity contribution in [2.24, 2.45) is 0 Å². The zero-order valence-corrected chi connectivity index (χ0v) is 14.4. The van der Waals surface area contributed by atoms with Gasteiger partial charge in [-0.3, -0.25) is 4.79 Å². The van der Waals surface area contributed by atoms with Crippen LogP contribution in [0.4, 0.5) is 4.39 Å². The molecule has 0 N–H and O–H groups in total. The molecule has 1 aromatic carbocycles. The smallest absolute Gasteiger partial charge is 0.343 e. The van der Waals surface area contributed by atoms with Crippen LogP contribution < -0.4 is 5.43 Å². The molecule has 2 heterocycles. The maximum absolute atomic E-state index is 13.2. The van der Waals surface area contributed by atoms with E-state index in [2.05, 4.69) is 4.98 Å². The van der Waals surface area contributed by atoms with E-state index in [0.29, 0.717) is 5.69 Å². The molecule has 3 aromatic rings. The van der Waals surface area contributed by atoms with Gasteiger partial charge >= 0.3 is 5.97 Å². The molecule has 0 aliphatic rings. The van der Waals surface area contributed by atoms with Crippen molar-refractivity contribution >= 4 is 40.1 Å². The van der Waals surface area contributed by atoms with Crippen molar-refractivity contribution in [2.45, 2.75) is 6.92 Å². The van der Waals surface area contributed by atoms with Crippen LogP contribution in [-0.4, -0.2) is 22.1 Å². The summed E-state index contributed by atoms with van der Waals surface area (Å²) >= 11 is 12.2. The first-order valence-electron chi connectivity index (χ1n) is 7.26. The molecule has 0 radical (unpaired) electrons. The molecule has 0 saturated heterocycles. The van der Waals surface area contributed by atoms with E-state index in [1.807, 2.05) is 0 Å². The number of benzene rings is 1. The molecule has 0 aliphatic heterocycles. The minimum absolute atomic E-state index is 0.00770. The summed E-state index contributed by atoms with van der Waals surface area (Å²) < 4.78 is 19.7. The molecule has 0 saturated carbocycles. The van der Waals surface area contributed by atoms with Gasteiger partial charge in [0.25, 0.3) is 0 Å². The first-order valence-corrected chi connectivity index (χ1v) is 8.02. The number of carbonyl (C=O) groups excluding carboxylic acids is 1. The maximum Gasteiger partial charge on any atom is 0.343 e. The fraction of sp³-hybridized carbons (Fsp3) is 0.118. The van der Waals surface area contributed by atoms with Gasteiger partial charge < -0.3 is 9.30 Å². The zero-order chi connectivity index (χ0) is 18.1. The Morgan fingerprint density at radius 1 is 1.28 bits per heavy atom. The van der Waals surface area contributed by atoms with Gasteiger partial charge in [-0.2, -0.15) is 0 Å². The first-order chi connectivity index (χ1) is 11.9. The van der Waals surface area contributed by atoms with Crippen molar-refractivity contribution in [3.05, 3.63) is 68.4 Å². The van der Waals surface area contributed by atoms with E-state index >= 15 is 0 Å². The average Bonchev–Trinajstić information content (AvgIpc) is 2.59. The monoisotopic (exact) mass is 380 g/mol. The summed E-state index contributed by atoms with van der Waals surface area (Å²) in [5.41, 5.74) is 0.00387. The summed E-state index contributed by atoms with van der Waals surface area (Å²) in [5, 5.41) is 0.161. The Kier molecular flexibility index (Phi) is 4.74. The fourth-order valence-electron chi connectivity index (χ4n) is 2.41. The molecule has 3 rings (SSSR count). The van der Waals surface area contributed by atoms with Gasteiger partial charge in [0.15, 0.2) is 0 Å². The van der Waals surface area contributed by atoms with Gasteiger partial charge in [0.1, 0.15) is 21.6 Å². The highest BCUT2D eigenvalue weighted by molar-refractivity contribution is 6.44. The SMILES string of the molecule is CCOC(=O)c1cn(-c2ccc(F)cc2)c2c(Cl)c(Cl)ncc2c1=O. The summed E-state index contributed by atoms with van der Waals surface area (Å²) in [6, 6.07) is 5.47. The van der Waals surface area contributed by atoms with Crippen LogP contribution in [0, 0.1) is 5.82 Å². The maximum atomic E-state index is 13.2. The number of rotatable bonds is 3. The lowest BCUT2D eigenvalue weighted by Crippen LogP contribution is -2.21. The van der Waals surface area contributed by atoms with Crippen molar-refractivity contribution in [1.82, 2.24) is 9.55 Å². The number of hydrogen-bond donors (Lipinski definition) is 0. The molecule has 2 aromatic heterocycles. The lowest BCUT2D eigenvalue weighted by Gasteiger charge is -2.14. The van der Waals surface area contributed by atoms with Gasteiger partial charge in [0.2, 0.25) is 5.43 Å². The second-order valence-corrected chi connectivity index (χ2v) is 5.80. The fourth-order valence-corrected chi connectivity index (χ4v) is 2.79. The van der Waals surface area contributed by atoms with Crippen molar-refractivity contribution in [3.63, 3.8) is 0 Å². The van der Waals surface area contributed by atoms with Crippen LogP contribution in [0.5, 0.6) is 0 Å². The quantitative estimate of drug-likeness (QED) is 0.508. The summed E-state index contributed by atoms with van der Waals surface area (Å²) in [6.07, 6.45) is 2.55. The van der Waals surface area contributed by atoms with E-state index in [1.165, 1.54) is 41.2 Å². The van der Waals surface area contributed by atoms with E-state index in [9.17, 15) is 14.0 Å². The molecule has 0 bridgehead atoms. The van der Waals surface area contributed by atoms with Crippen LogP contribution in [0.25, 0.3) is 16.6 Å². The summed E-state index contributed by atoms with van der Waals surface area (Å²) in [4.78, 5) is 28.6. The standard InChI is InChI=1S/C17H11Cl2FN2O3/c1-2-25-17(24)12-8-22(10-5-3-9(20)4-6-10)14-11(15(12)23)7-21-16(19)13(14)18/h3-8H,2H2,1H3. The lowest BCUT2D eigenvalue weighted by atomic mass is 10.1. The highest BCUT2D eigenvalue weighted by Gasteiger charge is 2.20. The Balaban J connectivity index is 2.42. The van der Waals surface area contributed by atoms with Crippen molar-refractivity contribution in [2.75, 3.05) is 6.61 Å². The largest absolute Gasteiger partial charge is 0.462 e. The minimum Gasteiger partial charge on any atom is -0.462 e. The van der Waals surface area contributed by atoms with Crippen molar-refractivity contribution in [3.8, 4) is 5.69 Å². The Bertz CT molecular complexity index is 1030. The number of ether oxygens (including phenoxy) is 1. The molecular formula is C17H11Cl2FN2O3. The van der Waals surface area contributed by atoms with Gasteiger partial charge in [0.05, 0.1) is 17.5 Å². The second kappa shape index (κ2) is 6.82. The number of esters is 1. The molecule has 128 valence electrons. The third-order valence-electron chi connectivity index (χ3n) is 3.54. The van der Waals surface area contributed by atoms with Crippen LogP contribution in [0.1, 0.15) is 17.3 Å². The Morgan fingerprint density at radius 3 is 2.60 bits per heavy atom. The predicted molar refractivity (Wildman–Crippen MR) is 93.3 cm³/mol. The van der Waals surface area contributed by atoms with E-state index < -0.39 is 17.2 Å². The summed E-state index contributed by atoms with van der Waals surface area (Å²) in [5.74, 6) is -1.19. The zero-order valence-electron chi connectivity index (χ0n) is 12.9. The predicted octanol–water partition coefficient (Wildman–Crippen LogP) is 4.01. The minimum atomic E-state index is -0.767. The Morgan fingerprint density at radius 2 is 1.96 bits per heavy atom. The van der Waals surface area contributed by atoms with E-state index in [4.69, 9.17) is 27.9 Å². The van der Waals surface area contributed by atoms with Crippen LogP contribution >= 0.6 is 23.2 Å². The topological polar surface area (TPSA) is 61.2 Å². The third-order valence-corrected chi connectivity index (χ3v) is 4.28. The number of fused-ring (bicyclic) bond motifs is 1. The normalized spacial score (nSPS) is 10.9. The molecule has 0 amide bonds. The lowest BCUT2D eigenvalue weighted by molar-refractivity contribution is 0.0524. The number of halogens is 3. The molecule has 0 spiro atoms. The Hall–Kier alpha value is -2.44. The number of aromatic nitrogens is 2. The number of carbonyl (C=O) groups is 1. The number of pyridine rings is 2. The van der Waals surface area contributed by atoms with E-state index in [-0.39, 0.29) is 33.2 Å². The van der Waals surface area contributed by atoms with Crippen LogP contribution in [-0.2, 0) is 4.74 Å². The Labute approximate surface area is 151 Å². The van der Waals surface area contributed by atoms with Gasteiger partial charge in [-0.25, -0.2) is 14.2 Å². The first kappa shape index (κ1) is 17.4. The van der Waals surface area contributed by atoms with Crippen LogP contribution in [0.15, 0.2) is 41.5 Å². The van der Waals surface area contributed by atoms with Crippen molar-refractivity contribution in [1.29, 1.82) is 0 Å². The molecule has 0 fully saturated rings. The van der Waals surface area contributed by atoms with Gasteiger partial charge in [-0.1, -0.05) is 23.2 Å². The van der Waals surface area contributed by atoms with Gasteiger partial charge in [-0.15, -0.1) is 0 Å². The highest BCUT2D eigenvalue weighted by Crippen LogP contribution is 2.29. The molecule has 0 aliphatic carbocycles.